The molecule has 0 spiro atoms. The number of halogens is 1. The standard InChI is InChI=1S/C20H23FN2O5S2/c1-4-23(5-2)30(26,27)20-17(19(25)28-3)14-10-11-22(12-16(14)29-20)18(24)13-8-6-7-9-15(13)21/h6-9H,4-5,10-12H2,1-3H3. The average Bonchev–Trinajstić information content (AvgIpc) is 3.13. The fourth-order valence-corrected chi connectivity index (χ4v) is 7.03. The van der Waals surface area contributed by atoms with Crippen molar-refractivity contribution in [3.05, 3.63) is 51.7 Å². The number of benzene rings is 1. The van der Waals surface area contributed by atoms with Gasteiger partial charge in [-0.1, -0.05) is 26.0 Å². The second-order valence-electron chi connectivity index (χ2n) is 6.70. The Bertz CT molecular complexity index is 1080. The van der Waals surface area contributed by atoms with Crippen LogP contribution in [0.5, 0.6) is 0 Å². The number of thiophene rings is 1. The third-order valence-corrected chi connectivity index (χ3v) is 8.85. The number of nitrogens with zero attached hydrogens (tertiary/aromatic N) is 2. The maximum Gasteiger partial charge on any atom is 0.340 e. The highest BCUT2D eigenvalue weighted by molar-refractivity contribution is 7.91. The van der Waals surface area contributed by atoms with Gasteiger partial charge < -0.3 is 9.64 Å². The van der Waals surface area contributed by atoms with Crippen LogP contribution in [0.2, 0.25) is 0 Å². The first-order valence-corrected chi connectivity index (χ1v) is 11.8. The third kappa shape index (κ3) is 3.86. The molecule has 30 heavy (non-hydrogen) atoms. The number of fused-ring (bicyclic) bond motifs is 1. The predicted molar refractivity (Wildman–Crippen MR) is 111 cm³/mol. The third-order valence-electron chi connectivity index (χ3n) is 5.09. The Labute approximate surface area is 179 Å². The van der Waals surface area contributed by atoms with Crippen molar-refractivity contribution in [2.45, 2.75) is 31.0 Å². The molecule has 0 atom stereocenters. The van der Waals surface area contributed by atoms with Crippen LogP contribution in [0.3, 0.4) is 0 Å². The van der Waals surface area contributed by atoms with Gasteiger partial charge in [0.25, 0.3) is 15.9 Å². The Kier molecular flexibility index (Phi) is 6.59. The van der Waals surface area contributed by atoms with E-state index in [1.54, 1.807) is 19.9 Å². The molecule has 3 rings (SSSR count). The Morgan fingerprint density at radius 1 is 1.23 bits per heavy atom. The molecule has 7 nitrogen and oxygen atoms in total. The minimum absolute atomic E-state index is 0.0401. The zero-order chi connectivity index (χ0) is 22.1. The molecular formula is C20H23FN2O5S2. The number of methoxy groups -OCH3 is 1. The van der Waals surface area contributed by atoms with Crippen LogP contribution >= 0.6 is 11.3 Å². The zero-order valence-electron chi connectivity index (χ0n) is 17.0. The van der Waals surface area contributed by atoms with E-state index in [-0.39, 0.29) is 47.9 Å². The van der Waals surface area contributed by atoms with Crippen molar-refractivity contribution in [2.24, 2.45) is 0 Å². The van der Waals surface area contributed by atoms with Gasteiger partial charge in [0.05, 0.1) is 24.8 Å². The number of sulfonamides is 1. The highest BCUT2D eigenvalue weighted by Crippen LogP contribution is 2.38. The van der Waals surface area contributed by atoms with Gasteiger partial charge in [0, 0.05) is 24.5 Å². The molecular weight excluding hydrogens is 431 g/mol. The molecule has 1 aliphatic heterocycles. The van der Waals surface area contributed by atoms with Crippen molar-refractivity contribution in [1.29, 1.82) is 0 Å². The van der Waals surface area contributed by atoms with Crippen LogP contribution in [0.1, 0.15) is 45.0 Å². The molecule has 0 N–H and O–H groups in total. The summed E-state index contributed by atoms with van der Waals surface area (Å²) in [4.78, 5) is 27.3. The van der Waals surface area contributed by atoms with Gasteiger partial charge >= 0.3 is 5.97 Å². The maximum absolute atomic E-state index is 14.0. The smallest absolute Gasteiger partial charge is 0.340 e. The molecule has 0 unspecified atom stereocenters. The largest absolute Gasteiger partial charge is 0.465 e. The Morgan fingerprint density at radius 2 is 1.90 bits per heavy atom. The molecule has 0 radical (unpaired) electrons. The number of carbonyl (C=O) groups excluding carboxylic acids is 2. The van der Waals surface area contributed by atoms with E-state index >= 15 is 0 Å². The molecule has 2 heterocycles. The Morgan fingerprint density at radius 3 is 2.50 bits per heavy atom. The fraction of sp³-hybridized carbons (Fsp3) is 0.400. The van der Waals surface area contributed by atoms with E-state index in [1.165, 1.54) is 34.5 Å². The lowest BCUT2D eigenvalue weighted by Crippen LogP contribution is -2.36. The van der Waals surface area contributed by atoms with Crippen molar-refractivity contribution in [3.63, 3.8) is 0 Å². The maximum atomic E-state index is 14.0. The summed E-state index contributed by atoms with van der Waals surface area (Å²) in [5.74, 6) is -1.80. The molecule has 10 heteroatoms. The number of rotatable bonds is 6. The number of hydrogen-bond donors (Lipinski definition) is 0. The summed E-state index contributed by atoms with van der Waals surface area (Å²) in [5, 5.41) is 0. The van der Waals surface area contributed by atoms with Crippen molar-refractivity contribution in [1.82, 2.24) is 9.21 Å². The second-order valence-corrected chi connectivity index (χ2v) is 9.94. The predicted octanol–water partition coefficient (Wildman–Crippen LogP) is 2.90. The highest BCUT2D eigenvalue weighted by Gasteiger charge is 2.37. The molecule has 0 saturated heterocycles. The van der Waals surface area contributed by atoms with Gasteiger partial charge in [-0.2, -0.15) is 4.31 Å². The average molecular weight is 455 g/mol. The van der Waals surface area contributed by atoms with Gasteiger partial charge in [-0.3, -0.25) is 4.79 Å². The van der Waals surface area contributed by atoms with Crippen molar-refractivity contribution >= 4 is 33.2 Å². The van der Waals surface area contributed by atoms with E-state index < -0.39 is 27.7 Å². The summed E-state index contributed by atoms with van der Waals surface area (Å²) >= 11 is 0.974. The molecule has 0 saturated carbocycles. The summed E-state index contributed by atoms with van der Waals surface area (Å²) in [6.45, 7) is 4.32. The van der Waals surface area contributed by atoms with Crippen LogP contribution in [0, 0.1) is 5.82 Å². The van der Waals surface area contributed by atoms with Gasteiger partial charge in [-0.05, 0) is 24.1 Å². The normalized spacial score (nSPS) is 14.0. The van der Waals surface area contributed by atoms with Crippen LogP contribution in [0.4, 0.5) is 4.39 Å². The summed E-state index contributed by atoms with van der Waals surface area (Å²) in [6.07, 6.45) is 0.282. The van der Waals surface area contributed by atoms with Gasteiger partial charge in [-0.15, -0.1) is 11.3 Å². The fourth-order valence-electron chi connectivity index (χ4n) is 3.53. The summed E-state index contributed by atoms with van der Waals surface area (Å²) in [5.41, 5.74) is 0.583. The molecule has 1 aromatic heterocycles. The van der Waals surface area contributed by atoms with Gasteiger partial charge in [0.1, 0.15) is 10.0 Å². The number of hydrogen-bond acceptors (Lipinski definition) is 6. The van der Waals surface area contributed by atoms with Crippen LogP contribution < -0.4 is 0 Å². The molecule has 0 aliphatic carbocycles. The van der Waals surface area contributed by atoms with Gasteiger partial charge in [0.2, 0.25) is 0 Å². The second kappa shape index (κ2) is 8.83. The summed E-state index contributed by atoms with van der Waals surface area (Å²) in [7, 11) is -2.68. The van der Waals surface area contributed by atoms with Crippen molar-refractivity contribution in [3.8, 4) is 0 Å². The van der Waals surface area contributed by atoms with E-state index in [0.29, 0.717) is 10.4 Å². The molecule has 2 aromatic rings. The van der Waals surface area contributed by atoms with Gasteiger partial charge in [0.15, 0.2) is 0 Å². The lowest BCUT2D eigenvalue weighted by atomic mass is 10.0. The monoisotopic (exact) mass is 454 g/mol. The first-order valence-electron chi connectivity index (χ1n) is 9.53. The van der Waals surface area contributed by atoms with E-state index in [1.807, 2.05) is 0 Å². The number of esters is 1. The zero-order valence-corrected chi connectivity index (χ0v) is 18.6. The molecule has 0 fully saturated rings. The van der Waals surface area contributed by atoms with Gasteiger partial charge in [-0.25, -0.2) is 17.6 Å². The van der Waals surface area contributed by atoms with Crippen molar-refractivity contribution < 1.29 is 27.1 Å². The van der Waals surface area contributed by atoms with E-state index in [2.05, 4.69) is 0 Å². The topological polar surface area (TPSA) is 84.0 Å². The minimum Gasteiger partial charge on any atom is -0.465 e. The molecule has 1 amide bonds. The van der Waals surface area contributed by atoms with Crippen LogP contribution in [-0.2, 0) is 27.7 Å². The number of amides is 1. The van der Waals surface area contributed by atoms with Crippen LogP contribution in [-0.4, -0.2) is 56.2 Å². The molecule has 0 bridgehead atoms. The molecule has 162 valence electrons. The van der Waals surface area contributed by atoms with E-state index in [4.69, 9.17) is 4.74 Å². The molecule has 1 aliphatic rings. The Hall–Kier alpha value is -2.30. The first kappa shape index (κ1) is 22.4. The van der Waals surface area contributed by atoms with Crippen LogP contribution in [0.15, 0.2) is 28.5 Å². The lowest BCUT2D eigenvalue weighted by Gasteiger charge is -2.27. The summed E-state index contributed by atoms with van der Waals surface area (Å²) < 4.78 is 46.4. The quantitative estimate of drug-likeness (QED) is 0.627. The lowest BCUT2D eigenvalue weighted by molar-refractivity contribution is 0.0595. The molecule has 1 aromatic carbocycles. The summed E-state index contributed by atoms with van der Waals surface area (Å²) in [6, 6.07) is 5.73. The van der Waals surface area contributed by atoms with Crippen molar-refractivity contribution in [2.75, 3.05) is 26.7 Å². The highest BCUT2D eigenvalue weighted by atomic mass is 32.2. The number of carbonyl (C=O) groups is 2. The van der Waals surface area contributed by atoms with E-state index in [0.717, 1.165) is 11.3 Å². The number of ether oxygens (including phenoxy) is 1. The minimum atomic E-state index is -3.89. The SMILES string of the molecule is CCN(CC)S(=O)(=O)c1sc2c(c1C(=O)OC)CCN(C(=O)c1ccccc1F)C2. The Balaban J connectivity index is 2.03. The van der Waals surface area contributed by atoms with E-state index in [9.17, 15) is 22.4 Å². The first-order chi connectivity index (χ1) is 14.3. The van der Waals surface area contributed by atoms with Crippen LogP contribution in [0.25, 0.3) is 0 Å².